The number of hydrogen-bond acceptors (Lipinski definition) is 4. The van der Waals surface area contributed by atoms with Gasteiger partial charge in [-0.3, -0.25) is 0 Å². The summed E-state index contributed by atoms with van der Waals surface area (Å²) in [6, 6.07) is 23.4. The number of nitrogens with one attached hydrogen (secondary N) is 2. The highest BCUT2D eigenvalue weighted by Gasteiger charge is 2.21. The van der Waals surface area contributed by atoms with Crippen molar-refractivity contribution < 1.29 is 14.3 Å². The molecule has 1 atom stereocenters. The number of methoxy groups -OCH3 is 2. The summed E-state index contributed by atoms with van der Waals surface area (Å²) in [4.78, 5) is 17.7. The number of para-hydroxylation sites is 2. The van der Waals surface area contributed by atoms with E-state index < -0.39 is 0 Å². The number of aromatic nitrogens is 2. The van der Waals surface area contributed by atoms with E-state index in [1.165, 1.54) is 0 Å². The lowest BCUT2D eigenvalue weighted by Crippen LogP contribution is -2.40. The number of urea groups is 1. The highest BCUT2D eigenvalue weighted by atomic mass is 16.5. The van der Waals surface area contributed by atoms with Gasteiger partial charge in [-0.05, 0) is 48.2 Å². The van der Waals surface area contributed by atoms with E-state index in [9.17, 15) is 4.79 Å². The maximum absolute atomic E-state index is 12.9. The topological polar surface area (TPSA) is 77.4 Å². The number of ether oxygens (including phenoxy) is 2. The lowest BCUT2D eigenvalue weighted by Gasteiger charge is -2.19. The van der Waals surface area contributed by atoms with Crippen LogP contribution in [-0.2, 0) is 19.9 Å². The molecule has 176 valence electrons. The quantitative estimate of drug-likeness (QED) is 0.389. The van der Waals surface area contributed by atoms with E-state index in [4.69, 9.17) is 14.5 Å². The van der Waals surface area contributed by atoms with Crippen LogP contribution in [0.4, 0.5) is 4.79 Å². The number of aryl methyl sites for hydroxylation is 1. The lowest BCUT2D eigenvalue weighted by molar-refractivity contribution is 0.236. The number of imidazole rings is 1. The van der Waals surface area contributed by atoms with Crippen LogP contribution in [-0.4, -0.2) is 36.3 Å². The summed E-state index contributed by atoms with van der Waals surface area (Å²) in [5.41, 5.74) is 4.12. The lowest BCUT2D eigenvalue weighted by atomic mass is 10.1. The normalized spacial score (nSPS) is 11.7. The fraction of sp³-hybridized carbons (Fsp3) is 0.259. The van der Waals surface area contributed by atoms with Gasteiger partial charge < -0.3 is 24.7 Å². The second-order valence-electron chi connectivity index (χ2n) is 8.10. The Bertz CT molecular complexity index is 1250. The maximum atomic E-state index is 12.9. The van der Waals surface area contributed by atoms with E-state index in [2.05, 4.69) is 22.8 Å². The molecule has 3 aromatic carbocycles. The predicted octanol–water partition coefficient (Wildman–Crippen LogP) is 4.42. The molecule has 7 nitrogen and oxygen atoms in total. The molecule has 0 spiro atoms. The third-order valence-electron chi connectivity index (χ3n) is 5.87. The Labute approximate surface area is 199 Å². The monoisotopic (exact) mass is 458 g/mol. The van der Waals surface area contributed by atoms with Crippen LogP contribution in [0.5, 0.6) is 11.5 Å². The average molecular weight is 459 g/mol. The summed E-state index contributed by atoms with van der Waals surface area (Å²) >= 11 is 0. The Morgan fingerprint density at radius 3 is 2.41 bits per heavy atom. The van der Waals surface area contributed by atoms with Crippen LogP contribution in [0.2, 0.25) is 0 Å². The van der Waals surface area contributed by atoms with Gasteiger partial charge in [-0.15, -0.1) is 0 Å². The Balaban J connectivity index is 1.45. The molecule has 0 fully saturated rings. The number of carbonyl (C=O) groups excluding carboxylic acids is 1. The number of rotatable bonds is 9. The van der Waals surface area contributed by atoms with Crippen molar-refractivity contribution in [3.8, 4) is 11.5 Å². The zero-order valence-electron chi connectivity index (χ0n) is 19.7. The van der Waals surface area contributed by atoms with Crippen LogP contribution in [0.25, 0.3) is 11.0 Å². The molecule has 4 rings (SSSR count). The smallest absolute Gasteiger partial charge is 0.315 e. The molecule has 0 aliphatic heterocycles. The molecular formula is C27H30N4O3. The third kappa shape index (κ3) is 5.31. The van der Waals surface area contributed by atoms with Gasteiger partial charge in [0.1, 0.15) is 5.82 Å². The Morgan fingerprint density at radius 2 is 1.68 bits per heavy atom. The molecule has 0 bridgehead atoms. The van der Waals surface area contributed by atoms with Crippen molar-refractivity contribution in [3.63, 3.8) is 0 Å². The van der Waals surface area contributed by atoms with Gasteiger partial charge in [0, 0.05) is 13.6 Å². The van der Waals surface area contributed by atoms with E-state index in [0.717, 1.165) is 28.0 Å². The second-order valence-corrected chi connectivity index (χ2v) is 8.10. The zero-order chi connectivity index (χ0) is 23.9. The minimum absolute atomic E-state index is 0.228. The molecule has 0 radical (unpaired) electrons. The van der Waals surface area contributed by atoms with E-state index in [0.29, 0.717) is 30.9 Å². The van der Waals surface area contributed by atoms with Gasteiger partial charge in [0.2, 0.25) is 0 Å². The van der Waals surface area contributed by atoms with Crippen LogP contribution in [0.1, 0.15) is 23.0 Å². The minimum Gasteiger partial charge on any atom is -0.493 e. The molecule has 0 aliphatic rings. The number of carbonyl (C=O) groups is 1. The molecule has 1 aromatic heterocycles. The van der Waals surface area contributed by atoms with E-state index in [1.807, 2.05) is 72.3 Å². The van der Waals surface area contributed by atoms with Crippen LogP contribution in [0, 0.1) is 0 Å². The molecular weight excluding hydrogens is 428 g/mol. The van der Waals surface area contributed by atoms with Crippen LogP contribution in [0.3, 0.4) is 0 Å². The standard InChI is InChI=1S/C27H30N4O3/c1-31-23-12-8-7-11-21(23)29-26(31)22(17-19-9-5-4-6-10-19)30-27(32)28-16-15-20-13-14-24(33-2)25(18-20)34-3/h4-14,18,22H,15-17H2,1-3H3,(H2,28,30,32)/t22-/m0/s1. The molecule has 1 heterocycles. The van der Waals surface area contributed by atoms with Crippen molar-refractivity contribution >= 4 is 17.1 Å². The van der Waals surface area contributed by atoms with Crippen LogP contribution < -0.4 is 20.1 Å². The summed E-state index contributed by atoms with van der Waals surface area (Å²) in [6.07, 6.45) is 1.31. The highest BCUT2D eigenvalue weighted by molar-refractivity contribution is 5.77. The van der Waals surface area contributed by atoms with Gasteiger partial charge in [0.15, 0.2) is 11.5 Å². The first-order valence-corrected chi connectivity index (χ1v) is 11.3. The molecule has 0 saturated carbocycles. The summed E-state index contributed by atoms with van der Waals surface area (Å²) in [5.74, 6) is 2.18. The molecule has 0 aliphatic carbocycles. The van der Waals surface area contributed by atoms with Gasteiger partial charge in [0.25, 0.3) is 0 Å². The number of nitrogens with zero attached hydrogens (tertiary/aromatic N) is 2. The molecule has 2 amide bonds. The van der Waals surface area contributed by atoms with Crippen molar-refractivity contribution in [1.82, 2.24) is 20.2 Å². The Kier molecular flexibility index (Phi) is 7.32. The van der Waals surface area contributed by atoms with Crippen molar-refractivity contribution in [2.24, 2.45) is 7.05 Å². The zero-order valence-corrected chi connectivity index (χ0v) is 19.7. The predicted molar refractivity (Wildman–Crippen MR) is 133 cm³/mol. The van der Waals surface area contributed by atoms with Crippen molar-refractivity contribution in [2.75, 3.05) is 20.8 Å². The SMILES string of the molecule is COc1ccc(CCNC(=O)N[C@@H](Cc2ccccc2)c2nc3ccccc3n2C)cc1OC. The maximum Gasteiger partial charge on any atom is 0.315 e. The summed E-state index contributed by atoms with van der Waals surface area (Å²) in [7, 11) is 5.21. The number of fused-ring (bicyclic) bond motifs is 1. The fourth-order valence-corrected chi connectivity index (χ4v) is 4.10. The number of hydrogen-bond donors (Lipinski definition) is 2. The van der Waals surface area contributed by atoms with E-state index >= 15 is 0 Å². The van der Waals surface area contributed by atoms with Crippen molar-refractivity contribution in [3.05, 3.63) is 89.7 Å². The molecule has 0 saturated heterocycles. The molecule has 4 aromatic rings. The first-order chi connectivity index (χ1) is 16.6. The fourth-order valence-electron chi connectivity index (χ4n) is 4.10. The van der Waals surface area contributed by atoms with Gasteiger partial charge in [-0.1, -0.05) is 48.5 Å². The third-order valence-corrected chi connectivity index (χ3v) is 5.87. The molecule has 7 heteroatoms. The first-order valence-electron chi connectivity index (χ1n) is 11.3. The largest absolute Gasteiger partial charge is 0.493 e. The summed E-state index contributed by atoms with van der Waals surface area (Å²) in [6.45, 7) is 0.488. The van der Waals surface area contributed by atoms with Crippen LogP contribution >= 0.6 is 0 Å². The first kappa shape index (κ1) is 23.2. The van der Waals surface area contributed by atoms with E-state index in [1.54, 1.807) is 14.2 Å². The number of amides is 2. The van der Waals surface area contributed by atoms with Gasteiger partial charge in [0.05, 0.1) is 31.3 Å². The summed E-state index contributed by atoms with van der Waals surface area (Å²) in [5, 5.41) is 6.11. The van der Waals surface area contributed by atoms with Crippen LogP contribution in [0.15, 0.2) is 72.8 Å². The second kappa shape index (κ2) is 10.7. The highest BCUT2D eigenvalue weighted by Crippen LogP contribution is 2.27. The van der Waals surface area contributed by atoms with E-state index in [-0.39, 0.29) is 12.1 Å². The summed E-state index contributed by atoms with van der Waals surface area (Å²) < 4.78 is 12.7. The average Bonchev–Trinajstić information content (AvgIpc) is 3.20. The molecule has 34 heavy (non-hydrogen) atoms. The minimum atomic E-state index is -0.277. The number of benzene rings is 3. The Morgan fingerprint density at radius 1 is 0.941 bits per heavy atom. The molecule has 2 N–H and O–H groups in total. The van der Waals surface area contributed by atoms with Crippen molar-refractivity contribution in [2.45, 2.75) is 18.9 Å². The molecule has 0 unspecified atom stereocenters. The Hall–Kier alpha value is -4.00. The van der Waals surface area contributed by atoms with Gasteiger partial charge >= 0.3 is 6.03 Å². The van der Waals surface area contributed by atoms with Gasteiger partial charge in [-0.25, -0.2) is 9.78 Å². The van der Waals surface area contributed by atoms with Gasteiger partial charge in [-0.2, -0.15) is 0 Å². The van der Waals surface area contributed by atoms with Crippen molar-refractivity contribution in [1.29, 1.82) is 0 Å².